The molecule has 1 aromatic heterocycles. The number of anilines is 2. The molecule has 4 rings (SSSR count). The number of nitro benzene ring substituents is 1. The zero-order chi connectivity index (χ0) is 23.0. The van der Waals surface area contributed by atoms with E-state index in [0.717, 1.165) is 31.2 Å². The second-order valence-corrected chi connectivity index (χ2v) is 8.55. The Kier molecular flexibility index (Phi) is 5.88. The first-order valence-corrected chi connectivity index (χ1v) is 10.7. The minimum Gasteiger partial charge on any atom is -0.477 e. The summed E-state index contributed by atoms with van der Waals surface area (Å²) in [4.78, 5) is 32.4. The zero-order valence-corrected chi connectivity index (χ0v) is 18.3. The minimum atomic E-state index is -0.781. The third kappa shape index (κ3) is 3.93. The molecule has 0 spiro atoms. The van der Waals surface area contributed by atoms with Gasteiger partial charge in [-0.15, -0.1) is 0 Å². The molecule has 1 saturated heterocycles. The summed E-state index contributed by atoms with van der Waals surface area (Å²) in [5.41, 5.74) is 13.6. The van der Waals surface area contributed by atoms with Crippen molar-refractivity contribution in [3.05, 3.63) is 39.6 Å². The second-order valence-electron chi connectivity index (χ2n) is 8.55. The molecule has 0 radical (unpaired) electrons. The number of aromatic nitrogens is 1. The first-order chi connectivity index (χ1) is 15.3. The molecular formula is C22H28N6O4. The number of likely N-dealkylation sites (N-methyl/N-ethyl adjacent to an activating group) is 1. The highest BCUT2D eigenvalue weighted by molar-refractivity contribution is 6.08. The molecule has 170 valence electrons. The molecule has 2 aliphatic heterocycles. The third-order valence-corrected chi connectivity index (χ3v) is 6.28. The Morgan fingerprint density at radius 1 is 1.34 bits per heavy atom. The fraction of sp³-hybridized carbons (Fsp3) is 0.455. The molecule has 2 aliphatic rings. The van der Waals surface area contributed by atoms with Crippen molar-refractivity contribution in [2.75, 3.05) is 44.4 Å². The molecule has 3 heterocycles. The van der Waals surface area contributed by atoms with Gasteiger partial charge in [-0.05, 0) is 51.9 Å². The summed E-state index contributed by atoms with van der Waals surface area (Å²) in [7, 11) is 4.03. The standard InChI is InChI=1S/C22H28N6O4/c1-26(2)15-6-3-7-27(12-15)17-10-16(20(28(30)31)19(23)18(17)21(24)29)14-9-13-5-4-8-32-22(13)25-11-14/h9-11,15H,3-8,12,23H2,1-2H3,(H2,24,29). The number of hydrogen-bond donors (Lipinski definition) is 2. The van der Waals surface area contributed by atoms with Crippen LogP contribution in [0.5, 0.6) is 5.88 Å². The van der Waals surface area contributed by atoms with Crippen molar-refractivity contribution >= 4 is 23.0 Å². The van der Waals surface area contributed by atoms with Gasteiger partial charge in [-0.25, -0.2) is 4.98 Å². The molecule has 0 aliphatic carbocycles. The SMILES string of the molecule is CN(C)C1CCCN(c2cc(-c3cnc4c(c3)CCCO4)c([N+](=O)[O-])c(N)c2C(N)=O)C1. The molecule has 2 aromatic rings. The highest BCUT2D eigenvalue weighted by Gasteiger charge is 2.32. The number of carbonyl (C=O) groups is 1. The van der Waals surface area contributed by atoms with Gasteiger partial charge in [0.2, 0.25) is 5.88 Å². The van der Waals surface area contributed by atoms with Gasteiger partial charge in [0.05, 0.1) is 28.3 Å². The number of hydrogen-bond acceptors (Lipinski definition) is 8. The van der Waals surface area contributed by atoms with Crippen LogP contribution in [0.1, 0.15) is 35.2 Å². The summed E-state index contributed by atoms with van der Waals surface area (Å²) >= 11 is 0. The fourth-order valence-electron chi connectivity index (χ4n) is 4.58. The Morgan fingerprint density at radius 2 is 2.12 bits per heavy atom. The molecule has 32 heavy (non-hydrogen) atoms. The van der Waals surface area contributed by atoms with Crippen molar-refractivity contribution in [1.82, 2.24) is 9.88 Å². The van der Waals surface area contributed by atoms with E-state index >= 15 is 0 Å². The molecule has 1 aromatic carbocycles. The van der Waals surface area contributed by atoms with Gasteiger partial charge < -0.3 is 26.0 Å². The molecule has 10 heteroatoms. The number of benzene rings is 1. The van der Waals surface area contributed by atoms with Crippen LogP contribution >= 0.6 is 0 Å². The van der Waals surface area contributed by atoms with Crippen LogP contribution in [-0.2, 0) is 6.42 Å². The summed E-state index contributed by atoms with van der Waals surface area (Å²) in [6, 6.07) is 3.81. The lowest BCUT2D eigenvalue weighted by atomic mass is 9.95. The van der Waals surface area contributed by atoms with E-state index in [2.05, 4.69) is 9.88 Å². The monoisotopic (exact) mass is 440 g/mol. The Hall–Kier alpha value is -3.40. The average molecular weight is 441 g/mol. The Bertz CT molecular complexity index is 1070. The number of fused-ring (bicyclic) bond motifs is 1. The smallest absolute Gasteiger partial charge is 0.300 e. The Morgan fingerprint density at radius 3 is 2.81 bits per heavy atom. The van der Waals surface area contributed by atoms with E-state index in [1.807, 2.05) is 25.1 Å². The van der Waals surface area contributed by atoms with Crippen LogP contribution < -0.4 is 21.1 Å². The van der Waals surface area contributed by atoms with Gasteiger partial charge in [0, 0.05) is 36.5 Å². The van der Waals surface area contributed by atoms with Crippen LogP contribution in [-0.4, -0.2) is 60.5 Å². The van der Waals surface area contributed by atoms with Crippen molar-refractivity contribution in [2.45, 2.75) is 31.7 Å². The van der Waals surface area contributed by atoms with E-state index in [4.69, 9.17) is 16.2 Å². The summed E-state index contributed by atoms with van der Waals surface area (Å²) < 4.78 is 5.58. The van der Waals surface area contributed by atoms with Crippen molar-refractivity contribution in [2.24, 2.45) is 5.73 Å². The van der Waals surface area contributed by atoms with Crippen LogP contribution in [0.2, 0.25) is 0 Å². The number of piperidine rings is 1. The van der Waals surface area contributed by atoms with Crippen molar-refractivity contribution in [3.8, 4) is 17.0 Å². The van der Waals surface area contributed by atoms with Crippen LogP contribution in [0.15, 0.2) is 18.3 Å². The van der Waals surface area contributed by atoms with E-state index in [0.29, 0.717) is 42.4 Å². The number of nitrogens with two attached hydrogens (primary N) is 2. The number of primary amides is 1. The predicted molar refractivity (Wildman–Crippen MR) is 122 cm³/mol. The maximum Gasteiger partial charge on any atom is 0.300 e. The number of pyridine rings is 1. The molecule has 0 bridgehead atoms. The first-order valence-electron chi connectivity index (χ1n) is 10.7. The highest BCUT2D eigenvalue weighted by atomic mass is 16.6. The lowest BCUT2D eigenvalue weighted by Gasteiger charge is -2.38. The third-order valence-electron chi connectivity index (χ3n) is 6.28. The number of rotatable bonds is 5. The maximum atomic E-state index is 12.4. The molecule has 4 N–H and O–H groups in total. The molecule has 0 saturated carbocycles. The maximum absolute atomic E-state index is 12.4. The number of ether oxygens (including phenoxy) is 1. The topological polar surface area (TPSA) is 141 Å². The van der Waals surface area contributed by atoms with Gasteiger partial charge in [0.15, 0.2) is 0 Å². The molecule has 10 nitrogen and oxygen atoms in total. The van der Waals surface area contributed by atoms with Crippen molar-refractivity contribution in [1.29, 1.82) is 0 Å². The first kappa shape index (κ1) is 21.8. The molecule has 1 atom stereocenters. The number of aryl methyl sites for hydroxylation is 1. The summed E-state index contributed by atoms with van der Waals surface area (Å²) in [5, 5.41) is 12.0. The average Bonchev–Trinajstić information content (AvgIpc) is 2.77. The van der Waals surface area contributed by atoms with Gasteiger partial charge in [-0.3, -0.25) is 14.9 Å². The molecule has 1 fully saturated rings. The van der Waals surface area contributed by atoms with E-state index < -0.39 is 10.8 Å². The van der Waals surface area contributed by atoms with Gasteiger partial charge >= 0.3 is 5.69 Å². The van der Waals surface area contributed by atoms with Gasteiger partial charge in [-0.2, -0.15) is 0 Å². The minimum absolute atomic E-state index is 0.00545. The Labute approximate surface area is 186 Å². The van der Waals surface area contributed by atoms with Crippen molar-refractivity contribution in [3.63, 3.8) is 0 Å². The number of nitrogen functional groups attached to an aromatic ring is 1. The van der Waals surface area contributed by atoms with Gasteiger partial charge in [0.1, 0.15) is 5.69 Å². The lowest BCUT2D eigenvalue weighted by Crippen LogP contribution is -2.45. The van der Waals surface area contributed by atoms with Gasteiger partial charge in [-0.1, -0.05) is 0 Å². The summed E-state index contributed by atoms with van der Waals surface area (Å²) in [5.74, 6) is -0.231. The number of amides is 1. The highest BCUT2D eigenvalue weighted by Crippen LogP contribution is 2.43. The van der Waals surface area contributed by atoms with E-state index in [1.165, 1.54) is 0 Å². The largest absolute Gasteiger partial charge is 0.477 e. The Balaban J connectivity index is 1.90. The van der Waals surface area contributed by atoms with Crippen LogP contribution in [0.3, 0.4) is 0 Å². The number of carbonyl (C=O) groups excluding carboxylic acids is 1. The number of nitrogens with zero attached hydrogens (tertiary/aromatic N) is 4. The van der Waals surface area contributed by atoms with Crippen LogP contribution in [0, 0.1) is 10.1 Å². The fourth-order valence-corrected chi connectivity index (χ4v) is 4.58. The summed E-state index contributed by atoms with van der Waals surface area (Å²) in [6.45, 7) is 1.98. The van der Waals surface area contributed by atoms with Crippen LogP contribution in [0.25, 0.3) is 11.1 Å². The van der Waals surface area contributed by atoms with Crippen LogP contribution in [0.4, 0.5) is 17.1 Å². The van der Waals surface area contributed by atoms with E-state index in [-0.39, 0.29) is 23.0 Å². The molecular weight excluding hydrogens is 412 g/mol. The van der Waals surface area contributed by atoms with E-state index in [1.54, 1.807) is 12.3 Å². The van der Waals surface area contributed by atoms with Gasteiger partial charge in [0.25, 0.3) is 5.91 Å². The predicted octanol–water partition coefficient (Wildman–Crippen LogP) is 2.19. The van der Waals surface area contributed by atoms with E-state index in [9.17, 15) is 14.9 Å². The number of nitro groups is 1. The molecule has 1 unspecified atom stereocenters. The normalized spacial score (nSPS) is 18.2. The van der Waals surface area contributed by atoms with Crippen molar-refractivity contribution < 1.29 is 14.5 Å². The lowest BCUT2D eigenvalue weighted by molar-refractivity contribution is -0.383. The second kappa shape index (κ2) is 8.62. The quantitative estimate of drug-likeness (QED) is 0.409. The zero-order valence-electron chi connectivity index (χ0n) is 18.3. The molecule has 1 amide bonds. The summed E-state index contributed by atoms with van der Waals surface area (Å²) in [6.07, 6.45) is 5.14.